The van der Waals surface area contributed by atoms with E-state index in [1.165, 1.54) is 0 Å². The summed E-state index contributed by atoms with van der Waals surface area (Å²) in [5, 5.41) is 11.6. The van der Waals surface area contributed by atoms with Gasteiger partial charge in [-0.3, -0.25) is 24.1 Å². The molecule has 4 amide bonds. The Morgan fingerprint density at radius 3 is 1.52 bits per heavy atom. The van der Waals surface area contributed by atoms with E-state index in [4.69, 9.17) is 12.2 Å². The van der Waals surface area contributed by atoms with Gasteiger partial charge in [0.05, 0.1) is 4.86 Å². The zero-order valence-corrected chi connectivity index (χ0v) is 23.1. The third-order valence-corrected chi connectivity index (χ3v) is 6.13. The summed E-state index contributed by atoms with van der Waals surface area (Å²) in [5.41, 5.74) is 2.50. The van der Waals surface area contributed by atoms with Crippen LogP contribution in [0.3, 0.4) is 0 Å². The fourth-order valence-electron chi connectivity index (χ4n) is 3.88. The molecule has 0 fully saturated rings. The number of anilines is 2. The third-order valence-electron chi connectivity index (χ3n) is 5.81. The lowest BCUT2D eigenvalue weighted by Crippen LogP contribution is -2.60. The van der Waals surface area contributed by atoms with Gasteiger partial charge in [-0.1, -0.05) is 78.9 Å². The molecule has 0 aromatic heterocycles. The highest BCUT2D eigenvalue weighted by molar-refractivity contribution is 7.82. The van der Waals surface area contributed by atoms with Crippen molar-refractivity contribution < 1.29 is 19.2 Å². The summed E-state index contributed by atoms with van der Waals surface area (Å²) >= 11 is 5.34. The van der Waals surface area contributed by atoms with Crippen LogP contribution in [-0.4, -0.2) is 65.6 Å². The Labute approximate surface area is 239 Å². The van der Waals surface area contributed by atoms with E-state index < -0.39 is 29.7 Å². The van der Waals surface area contributed by atoms with Crippen molar-refractivity contribution in [3.05, 3.63) is 96.6 Å². The van der Waals surface area contributed by atoms with E-state index in [0.717, 1.165) is 23.9 Å². The van der Waals surface area contributed by atoms with E-state index in [-0.39, 0.29) is 24.4 Å². The lowest BCUT2D eigenvalue weighted by Gasteiger charge is -2.28. The molecule has 0 bridgehead atoms. The van der Waals surface area contributed by atoms with Gasteiger partial charge < -0.3 is 21.3 Å². The summed E-state index contributed by atoms with van der Waals surface area (Å²) in [5.74, 6) is -3.18. The first-order chi connectivity index (χ1) is 19.4. The van der Waals surface area contributed by atoms with Crippen LogP contribution in [0.15, 0.2) is 91.0 Å². The van der Waals surface area contributed by atoms with Gasteiger partial charge in [-0.05, 0) is 29.8 Å². The molecule has 0 aliphatic heterocycles. The normalized spacial score (nSPS) is 10.3. The molecular formula is C30H33N5O4S. The van der Waals surface area contributed by atoms with Gasteiger partial charge in [-0.15, -0.1) is 0 Å². The number of imide groups is 1. The zero-order chi connectivity index (χ0) is 28.7. The molecule has 0 unspecified atom stereocenters. The molecule has 208 valence electrons. The monoisotopic (exact) mass is 559 g/mol. The van der Waals surface area contributed by atoms with Crippen molar-refractivity contribution in [2.24, 2.45) is 0 Å². The number of carbonyl (C=O) groups excluding carboxylic acids is 4. The Morgan fingerprint density at radius 1 is 0.675 bits per heavy atom. The van der Waals surface area contributed by atoms with E-state index in [1.54, 1.807) is 12.1 Å². The number of para-hydroxylation sites is 2. The van der Waals surface area contributed by atoms with Crippen molar-refractivity contribution in [1.82, 2.24) is 15.5 Å². The number of hydrogen-bond donors (Lipinski definition) is 4. The van der Waals surface area contributed by atoms with Crippen molar-refractivity contribution in [3.63, 3.8) is 0 Å². The maximum Gasteiger partial charge on any atom is 0.268 e. The lowest BCUT2D eigenvalue weighted by atomic mass is 10.1. The van der Waals surface area contributed by atoms with Crippen LogP contribution in [0, 0.1) is 0 Å². The highest BCUT2D eigenvalue weighted by atomic mass is 32.1. The van der Waals surface area contributed by atoms with Crippen molar-refractivity contribution >= 4 is 52.1 Å². The maximum atomic E-state index is 13.3. The molecule has 0 aliphatic rings. The molecule has 0 heterocycles. The van der Waals surface area contributed by atoms with E-state index in [2.05, 4.69) is 21.3 Å². The number of thiocarbonyl (C=S) groups is 1. The number of amides is 4. The van der Waals surface area contributed by atoms with Gasteiger partial charge in [0, 0.05) is 50.9 Å². The van der Waals surface area contributed by atoms with Crippen LogP contribution < -0.4 is 21.3 Å². The van der Waals surface area contributed by atoms with Crippen LogP contribution in [0.4, 0.5) is 11.4 Å². The molecule has 0 spiro atoms. The second-order valence-electron chi connectivity index (χ2n) is 8.85. The van der Waals surface area contributed by atoms with Crippen molar-refractivity contribution in [3.8, 4) is 0 Å². The first kappa shape index (κ1) is 30.0. The van der Waals surface area contributed by atoms with Gasteiger partial charge in [-0.2, -0.15) is 0 Å². The number of nitrogens with zero attached hydrogens (tertiary/aromatic N) is 1. The molecule has 3 aromatic rings. The minimum atomic E-state index is -1.73. The fourth-order valence-corrected chi connectivity index (χ4v) is 4.14. The van der Waals surface area contributed by atoms with E-state index >= 15 is 0 Å². The van der Waals surface area contributed by atoms with Gasteiger partial charge in [0.2, 0.25) is 5.91 Å². The molecule has 3 aromatic carbocycles. The fraction of sp³-hybridized carbons (Fsp3) is 0.233. The minimum Gasteiger partial charge on any atom is -0.383 e. The van der Waals surface area contributed by atoms with E-state index in [0.29, 0.717) is 18.0 Å². The molecule has 0 radical (unpaired) electrons. The number of hydrogen-bond acceptors (Lipinski definition) is 7. The molecule has 40 heavy (non-hydrogen) atoms. The highest BCUT2D eigenvalue weighted by Gasteiger charge is 2.39. The second-order valence-corrected chi connectivity index (χ2v) is 9.34. The largest absolute Gasteiger partial charge is 0.383 e. The van der Waals surface area contributed by atoms with Crippen molar-refractivity contribution in [2.45, 2.75) is 19.4 Å². The van der Waals surface area contributed by atoms with Crippen LogP contribution in [0.2, 0.25) is 0 Å². The van der Waals surface area contributed by atoms with E-state index in [9.17, 15) is 19.2 Å². The topological polar surface area (TPSA) is 120 Å². The Balaban J connectivity index is 1.69. The van der Waals surface area contributed by atoms with Crippen LogP contribution in [0.25, 0.3) is 0 Å². The molecule has 4 N–H and O–H groups in total. The average Bonchev–Trinajstić information content (AvgIpc) is 2.97. The van der Waals surface area contributed by atoms with Gasteiger partial charge >= 0.3 is 0 Å². The molecule has 3 rings (SSSR count). The van der Waals surface area contributed by atoms with Crippen molar-refractivity contribution in [2.75, 3.05) is 36.8 Å². The highest BCUT2D eigenvalue weighted by Crippen LogP contribution is 2.10. The molecule has 0 saturated carbocycles. The predicted molar refractivity (Wildman–Crippen MR) is 160 cm³/mol. The Bertz CT molecular complexity index is 1230. The van der Waals surface area contributed by atoms with Gasteiger partial charge in [0.25, 0.3) is 17.7 Å². The minimum absolute atomic E-state index is 0.0801. The Hall–Kier alpha value is -4.57. The van der Waals surface area contributed by atoms with Crippen LogP contribution in [0.5, 0.6) is 0 Å². The van der Waals surface area contributed by atoms with Crippen LogP contribution in [0.1, 0.15) is 12.5 Å². The van der Waals surface area contributed by atoms with Crippen LogP contribution in [-0.2, 0) is 25.6 Å². The summed E-state index contributed by atoms with van der Waals surface area (Å²) in [6, 6.07) is 26.1. The first-order valence-corrected chi connectivity index (χ1v) is 13.3. The number of benzene rings is 3. The van der Waals surface area contributed by atoms with Crippen molar-refractivity contribution in [1.29, 1.82) is 0 Å². The Kier molecular flexibility index (Phi) is 11.8. The summed E-state index contributed by atoms with van der Waals surface area (Å²) in [7, 11) is 0. The summed E-state index contributed by atoms with van der Waals surface area (Å²) < 4.78 is 0. The average molecular weight is 560 g/mol. The SMILES string of the molecule is CC(=O)N(C(=O)C(=S)Cc1ccccc1)C(C(=O)NCCNc1ccccc1)C(=O)NCCNc1ccccc1. The molecule has 0 atom stereocenters. The number of nitrogens with one attached hydrogen (secondary N) is 4. The maximum absolute atomic E-state index is 13.3. The Morgan fingerprint density at radius 2 is 1.10 bits per heavy atom. The quantitative estimate of drug-likeness (QED) is 0.136. The lowest BCUT2D eigenvalue weighted by molar-refractivity contribution is -0.152. The molecule has 9 nitrogen and oxygen atoms in total. The van der Waals surface area contributed by atoms with Gasteiger partial charge in [0.1, 0.15) is 0 Å². The molecule has 0 aliphatic carbocycles. The smallest absolute Gasteiger partial charge is 0.268 e. The van der Waals surface area contributed by atoms with Gasteiger partial charge in [0.15, 0.2) is 6.04 Å². The predicted octanol–water partition coefficient (Wildman–Crippen LogP) is 2.80. The molecule has 10 heteroatoms. The standard InChI is InChI=1S/C30H33N5O4S/c1-22(36)35(30(39)26(40)21-23-11-5-2-6-12-23)27(28(37)33-19-17-31-24-13-7-3-8-14-24)29(38)34-20-18-32-25-15-9-4-10-16-25/h2-16,27,31-32H,17-21H2,1H3,(H,33,37)(H,34,38). The zero-order valence-electron chi connectivity index (χ0n) is 22.3. The first-order valence-electron chi connectivity index (χ1n) is 12.9. The van der Waals surface area contributed by atoms with Gasteiger partial charge in [-0.25, -0.2) is 0 Å². The summed E-state index contributed by atoms with van der Waals surface area (Å²) in [6.45, 7) is 2.17. The third kappa shape index (κ3) is 9.32. The molecular weight excluding hydrogens is 526 g/mol. The summed E-state index contributed by atoms with van der Waals surface area (Å²) in [6.07, 6.45) is 0.0940. The van der Waals surface area contributed by atoms with E-state index in [1.807, 2.05) is 78.9 Å². The number of rotatable bonds is 14. The number of carbonyl (C=O) groups is 4. The van der Waals surface area contributed by atoms with Crippen LogP contribution >= 0.6 is 12.2 Å². The summed E-state index contributed by atoms with van der Waals surface area (Å²) in [4.78, 5) is 53.1. The molecule has 0 saturated heterocycles. The second kappa shape index (κ2) is 15.7.